The standard InChI is InChI=1S/C27H37N7O4/c1-16(2)14-22-25-28-18(4)31-34(25)13-12-33(11-7-8-24(35)32(6)17(3)26(36)30-22)27(37)20-9-10-21-23(15-20)38-19(5)29-21/h9-10,15-17,22H,7-8,11-14H2,1-6H3,(H,30,36)/t17-,22+/m0/s1. The highest BCUT2D eigenvalue weighted by Gasteiger charge is 2.29. The van der Waals surface area contributed by atoms with E-state index in [1.165, 1.54) is 4.90 Å². The second-order valence-corrected chi connectivity index (χ2v) is 10.4. The maximum atomic E-state index is 13.6. The van der Waals surface area contributed by atoms with Gasteiger partial charge in [0.25, 0.3) is 5.91 Å². The number of hydrogen-bond donors (Lipinski definition) is 1. The van der Waals surface area contributed by atoms with E-state index in [4.69, 9.17) is 4.42 Å². The number of carbonyl (C=O) groups is 3. The fraction of sp³-hybridized carbons (Fsp3) is 0.556. The molecule has 0 saturated carbocycles. The summed E-state index contributed by atoms with van der Waals surface area (Å²) in [6.45, 7) is 10.6. The highest BCUT2D eigenvalue weighted by molar-refractivity contribution is 5.97. The van der Waals surface area contributed by atoms with Gasteiger partial charge in [-0.15, -0.1) is 0 Å². The maximum absolute atomic E-state index is 13.6. The van der Waals surface area contributed by atoms with Gasteiger partial charge in [0.2, 0.25) is 11.8 Å². The minimum atomic E-state index is -0.646. The van der Waals surface area contributed by atoms with Crippen molar-refractivity contribution in [1.29, 1.82) is 0 Å². The number of likely N-dealkylation sites (N-methyl/N-ethyl adjacent to an activating group) is 1. The number of fused-ring (bicyclic) bond motifs is 2. The zero-order chi connectivity index (χ0) is 27.6. The van der Waals surface area contributed by atoms with E-state index in [1.54, 1.807) is 48.7 Å². The van der Waals surface area contributed by atoms with Crippen molar-refractivity contribution < 1.29 is 18.8 Å². The first-order valence-corrected chi connectivity index (χ1v) is 13.2. The predicted molar refractivity (Wildman–Crippen MR) is 141 cm³/mol. The molecule has 38 heavy (non-hydrogen) atoms. The number of nitrogens with zero attached hydrogens (tertiary/aromatic N) is 6. The molecule has 0 saturated heterocycles. The predicted octanol–water partition coefficient (Wildman–Crippen LogP) is 3.02. The third-order valence-corrected chi connectivity index (χ3v) is 6.93. The quantitative estimate of drug-likeness (QED) is 0.559. The van der Waals surface area contributed by atoms with E-state index in [0.29, 0.717) is 66.7 Å². The summed E-state index contributed by atoms with van der Waals surface area (Å²) >= 11 is 0. The van der Waals surface area contributed by atoms with Gasteiger partial charge in [-0.2, -0.15) is 5.10 Å². The fourth-order valence-corrected chi connectivity index (χ4v) is 4.76. The smallest absolute Gasteiger partial charge is 0.254 e. The van der Waals surface area contributed by atoms with Crippen LogP contribution in [0.4, 0.5) is 0 Å². The largest absolute Gasteiger partial charge is 0.441 e. The highest BCUT2D eigenvalue weighted by Crippen LogP contribution is 2.22. The molecule has 3 heterocycles. The van der Waals surface area contributed by atoms with Crippen LogP contribution in [0.1, 0.15) is 74.0 Å². The molecular formula is C27H37N7O4. The van der Waals surface area contributed by atoms with Crippen molar-refractivity contribution in [2.75, 3.05) is 20.1 Å². The van der Waals surface area contributed by atoms with Gasteiger partial charge in [0.15, 0.2) is 11.5 Å². The first-order chi connectivity index (χ1) is 18.0. The van der Waals surface area contributed by atoms with Crippen LogP contribution in [0.2, 0.25) is 0 Å². The van der Waals surface area contributed by atoms with Crippen LogP contribution >= 0.6 is 0 Å². The molecule has 11 heteroatoms. The van der Waals surface area contributed by atoms with Gasteiger partial charge in [-0.3, -0.25) is 14.4 Å². The molecule has 3 aromatic rings. The van der Waals surface area contributed by atoms with Gasteiger partial charge in [0.1, 0.15) is 23.2 Å². The van der Waals surface area contributed by atoms with Crippen molar-refractivity contribution in [2.45, 2.75) is 72.5 Å². The molecule has 2 atom stereocenters. The lowest BCUT2D eigenvalue weighted by Crippen LogP contribution is -2.47. The first kappa shape index (κ1) is 27.3. The molecule has 0 radical (unpaired) electrons. The average Bonchev–Trinajstić information content (AvgIpc) is 3.43. The number of aromatic nitrogens is 4. The summed E-state index contributed by atoms with van der Waals surface area (Å²) in [6.07, 6.45) is 1.35. The molecule has 0 fully saturated rings. The number of carbonyl (C=O) groups excluding carboxylic acids is 3. The summed E-state index contributed by atoms with van der Waals surface area (Å²) in [7, 11) is 1.64. The van der Waals surface area contributed by atoms with Gasteiger partial charge in [0.05, 0.1) is 12.6 Å². The Morgan fingerprint density at radius 3 is 2.66 bits per heavy atom. The van der Waals surface area contributed by atoms with Crippen LogP contribution < -0.4 is 5.32 Å². The molecule has 0 unspecified atom stereocenters. The molecule has 0 aliphatic carbocycles. The molecule has 4 rings (SSSR count). The summed E-state index contributed by atoms with van der Waals surface area (Å²) in [6, 6.07) is 4.22. The lowest BCUT2D eigenvalue weighted by molar-refractivity contribution is -0.138. The molecule has 2 aromatic heterocycles. The van der Waals surface area contributed by atoms with E-state index in [-0.39, 0.29) is 36.1 Å². The van der Waals surface area contributed by atoms with E-state index >= 15 is 0 Å². The van der Waals surface area contributed by atoms with Crippen LogP contribution in [0.15, 0.2) is 22.6 Å². The van der Waals surface area contributed by atoms with E-state index in [1.807, 2.05) is 6.92 Å². The Bertz CT molecular complexity index is 1330. The number of rotatable bonds is 3. The van der Waals surface area contributed by atoms with Crippen LogP contribution in [0.25, 0.3) is 11.1 Å². The monoisotopic (exact) mass is 523 g/mol. The molecule has 1 aromatic carbocycles. The van der Waals surface area contributed by atoms with Crippen LogP contribution in [-0.4, -0.2) is 73.4 Å². The van der Waals surface area contributed by atoms with Gasteiger partial charge in [0, 0.05) is 39.0 Å². The van der Waals surface area contributed by atoms with Crippen molar-refractivity contribution >= 4 is 28.8 Å². The summed E-state index contributed by atoms with van der Waals surface area (Å²) < 4.78 is 7.42. The molecular weight excluding hydrogens is 486 g/mol. The number of nitrogens with one attached hydrogen (secondary N) is 1. The number of aryl methyl sites for hydroxylation is 2. The van der Waals surface area contributed by atoms with Crippen LogP contribution in [0, 0.1) is 19.8 Å². The second kappa shape index (κ2) is 11.3. The minimum Gasteiger partial charge on any atom is -0.441 e. The Hall–Kier alpha value is -3.76. The lowest BCUT2D eigenvalue weighted by atomic mass is 10.0. The fourth-order valence-electron chi connectivity index (χ4n) is 4.76. The molecule has 11 nitrogen and oxygen atoms in total. The van der Waals surface area contributed by atoms with E-state index in [2.05, 4.69) is 34.2 Å². The zero-order valence-electron chi connectivity index (χ0n) is 23.0. The van der Waals surface area contributed by atoms with Crippen molar-refractivity contribution in [1.82, 2.24) is 34.9 Å². The molecule has 1 N–H and O–H groups in total. The zero-order valence-corrected chi connectivity index (χ0v) is 23.0. The first-order valence-electron chi connectivity index (χ1n) is 13.2. The number of amides is 3. The third-order valence-electron chi connectivity index (χ3n) is 6.93. The summed E-state index contributed by atoms with van der Waals surface area (Å²) in [5.41, 5.74) is 1.75. The topological polar surface area (TPSA) is 126 Å². The Labute approximate surface area is 222 Å². The highest BCUT2D eigenvalue weighted by atomic mass is 16.3. The van der Waals surface area contributed by atoms with Gasteiger partial charge in [-0.05, 0) is 50.8 Å². The van der Waals surface area contributed by atoms with Gasteiger partial charge >= 0.3 is 0 Å². The van der Waals surface area contributed by atoms with Gasteiger partial charge < -0.3 is 19.5 Å². The lowest BCUT2D eigenvalue weighted by Gasteiger charge is -2.29. The SMILES string of the molecule is Cc1nc2n(n1)CCN(C(=O)c1ccc3nc(C)oc3c1)CCCC(=O)N(C)[C@@H](C)C(=O)N[C@@H]2CC(C)C. The Morgan fingerprint density at radius 2 is 1.92 bits per heavy atom. The molecule has 1 aliphatic rings. The van der Waals surface area contributed by atoms with Crippen molar-refractivity contribution in [3.63, 3.8) is 0 Å². The van der Waals surface area contributed by atoms with Crippen molar-refractivity contribution in [3.8, 4) is 0 Å². The average molecular weight is 524 g/mol. The van der Waals surface area contributed by atoms with Crippen LogP contribution in [0.5, 0.6) is 0 Å². The summed E-state index contributed by atoms with van der Waals surface area (Å²) in [4.78, 5) is 51.8. The van der Waals surface area contributed by atoms with E-state index < -0.39 is 6.04 Å². The van der Waals surface area contributed by atoms with Crippen molar-refractivity contribution in [2.24, 2.45) is 5.92 Å². The Morgan fingerprint density at radius 1 is 1.16 bits per heavy atom. The molecule has 0 spiro atoms. The molecule has 204 valence electrons. The number of oxazole rings is 1. The van der Waals surface area contributed by atoms with E-state index in [0.717, 1.165) is 0 Å². The minimum absolute atomic E-state index is 0.143. The Kier molecular flexibility index (Phi) is 8.13. The second-order valence-electron chi connectivity index (χ2n) is 10.4. The Balaban J connectivity index is 1.67. The van der Waals surface area contributed by atoms with Crippen LogP contribution in [-0.2, 0) is 16.1 Å². The summed E-state index contributed by atoms with van der Waals surface area (Å²) in [5.74, 6) is 1.53. The normalized spacial score (nSPS) is 20.0. The molecule has 3 amide bonds. The van der Waals surface area contributed by atoms with Gasteiger partial charge in [-0.1, -0.05) is 13.8 Å². The van der Waals surface area contributed by atoms with Gasteiger partial charge in [-0.25, -0.2) is 14.6 Å². The molecule has 1 aliphatic heterocycles. The van der Waals surface area contributed by atoms with Crippen molar-refractivity contribution in [3.05, 3.63) is 41.3 Å². The third kappa shape index (κ3) is 6.03. The number of benzene rings is 1. The number of hydrogen-bond acceptors (Lipinski definition) is 7. The summed E-state index contributed by atoms with van der Waals surface area (Å²) in [5, 5.41) is 7.69. The van der Waals surface area contributed by atoms with E-state index in [9.17, 15) is 14.4 Å². The maximum Gasteiger partial charge on any atom is 0.254 e. The van der Waals surface area contributed by atoms with Crippen LogP contribution in [0.3, 0.4) is 0 Å². The molecule has 0 bridgehead atoms.